The van der Waals surface area contributed by atoms with Crippen LogP contribution in [0.3, 0.4) is 0 Å². The molecule has 2 unspecified atom stereocenters. The molecule has 0 radical (unpaired) electrons. The van der Waals surface area contributed by atoms with Crippen LogP contribution in [-0.4, -0.2) is 32.8 Å². The maximum Gasteiger partial charge on any atom is 0.401 e. The van der Waals surface area contributed by atoms with Gasteiger partial charge >= 0.3 is 6.18 Å². The van der Waals surface area contributed by atoms with Gasteiger partial charge in [-0.25, -0.2) is 14.4 Å². The summed E-state index contributed by atoms with van der Waals surface area (Å²) in [4.78, 5) is 12.2. The minimum absolute atomic E-state index is 0.0336. The molecule has 144 valence electrons. The lowest BCUT2D eigenvalue weighted by Gasteiger charge is -2.18. The Bertz CT molecular complexity index is 933. The van der Waals surface area contributed by atoms with Crippen molar-refractivity contribution in [1.29, 1.82) is 0 Å². The Morgan fingerprint density at radius 3 is 2.74 bits per heavy atom. The first-order valence-corrected chi connectivity index (χ1v) is 8.71. The van der Waals surface area contributed by atoms with Gasteiger partial charge in [0.1, 0.15) is 17.7 Å². The molecule has 0 fully saturated rings. The van der Waals surface area contributed by atoms with E-state index in [1.807, 2.05) is 5.32 Å². The Morgan fingerprint density at radius 1 is 1.26 bits per heavy atom. The van der Waals surface area contributed by atoms with Crippen molar-refractivity contribution in [3.05, 3.63) is 47.0 Å². The molecule has 0 aliphatic rings. The average Bonchev–Trinajstić information content (AvgIpc) is 3.06. The van der Waals surface area contributed by atoms with Gasteiger partial charge in [-0.1, -0.05) is 0 Å². The number of aliphatic hydroxyl groups is 1. The average molecular weight is 401 g/mol. The summed E-state index contributed by atoms with van der Waals surface area (Å²) in [5, 5.41) is 16.8. The van der Waals surface area contributed by atoms with Gasteiger partial charge in [0, 0.05) is 6.20 Å². The van der Waals surface area contributed by atoms with Crippen molar-refractivity contribution in [3.63, 3.8) is 0 Å². The molecule has 0 bridgehead atoms. The Hall–Kier alpha value is -2.37. The SMILES string of the molecule is CC(Nc1nc(C(O)NCC(F)(F)F)c2sccc2n1)c1cncc(F)c1. The van der Waals surface area contributed by atoms with Crippen LogP contribution in [0.1, 0.15) is 30.5 Å². The molecule has 0 amide bonds. The number of aromatic nitrogens is 3. The molecule has 6 nitrogen and oxygen atoms in total. The van der Waals surface area contributed by atoms with E-state index in [1.165, 1.54) is 23.6 Å². The monoisotopic (exact) mass is 401 g/mol. The topological polar surface area (TPSA) is 83.0 Å². The summed E-state index contributed by atoms with van der Waals surface area (Å²) in [6, 6.07) is 2.55. The number of aliphatic hydroxyl groups excluding tert-OH is 1. The van der Waals surface area contributed by atoms with Crippen LogP contribution in [0.25, 0.3) is 10.2 Å². The molecule has 2 atom stereocenters. The van der Waals surface area contributed by atoms with E-state index in [9.17, 15) is 22.7 Å². The third-order valence-electron chi connectivity index (χ3n) is 3.66. The van der Waals surface area contributed by atoms with Gasteiger partial charge in [-0.2, -0.15) is 13.2 Å². The van der Waals surface area contributed by atoms with Crippen molar-refractivity contribution in [2.45, 2.75) is 25.4 Å². The van der Waals surface area contributed by atoms with Crippen molar-refractivity contribution in [2.24, 2.45) is 0 Å². The van der Waals surface area contributed by atoms with Crippen molar-refractivity contribution >= 4 is 27.5 Å². The molecule has 0 spiro atoms. The minimum Gasteiger partial charge on any atom is -0.373 e. The Kier molecular flexibility index (Phi) is 5.53. The van der Waals surface area contributed by atoms with Gasteiger partial charge in [0.15, 0.2) is 0 Å². The molecule has 3 rings (SSSR count). The first kappa shape index (κ1) is 19.4. The predicted molar refractivity (Wildman–Crippen MR) is 92.7 cm³/mol. The molecular formula is C16H15F4N5OS. The first-order chi connectivity index (χ1) is 12.7. The normalized spacial score (nSPS) is 14.3. The number of hydrogen-bond donors (Lipinski definition) is 3. The summed E-state index contributed by atoms with van der Waals surface area (Å²) in [6.45, 7) is 0.370. The molecule has 0 aliphatic carbocycles. The predicted octanol–water partition coefficient (Wildman–Crippen LogP) is 3.54. The Labute approximate surface area is 155 Å². The van der Waals surface area contributed by atoms with Crippen LogP contribution in [-0.2, 0) is 0 Å². The molecule has 3 heterocycles. The number of thiophene rings is 1. The zero-order valence-corrected chi connectivity index (χ0v) is 14.8. The highest BCUT2D eigenvalue weighted by molar-refractivity contribution is 7.17. The van der Waals surface area contributed by atoms with E-state index in [0.29, 0.717) is 15.8 Å². The number of nitrogens with zero attached hydrogens (tertiary/aromatic N) is 3. The summed E-state index contributed by atoms with van der Waals surface area (Å²) in [6.07, 6.45) is -3.54. The fourth-order valence-electron chi connectivity index (χ4n) is 2.39. The minimum atomic E-state index is -4.47. The molecule has 3 N–H and O–H groups in total. The number of fused-ring (bicyclic) bond motifs is 1. The zero-order valence-electron chi connectivity index (χ0n) is 14.0. The van der Waals surface area contributed by atoms with Crippen molar-refractivity contribution in [3.8, 4) is 0 Å². The number of anilines is 1. The fourth-order valence-corrected chi connectivity index (χ4v) is 3.23. The quantitative estimate of drug-likeness (QED) is 0.433. The van der Waals surface area contributed by atoms with Crippen LogP contribution in [0.2, 0.25) is 0 Å². The Morgan fingerprint density at radius 2 is 2.04 bits per heavy atom. The lowest BCUT2D eigenvalue weighted by atomic mass is 10.1. The summed E-state index contributed by atoms with van der Waals surface area (Å²) >= 11 is 1.21. The largest absolute Gasteiger partial charge is 0.401 e. The summed E-state index contributed by atoms with van der Waals surface area (Å²) in [7, 11) is 0. The number of rotatable bonds is 6. The van der Waals surface area contributed by atoms with Crippen LogP contribution in [0.4, 0.5) is 23.5 Å². The van der Waals surface area contributed by atoms with E-state index in [1.54, 1.807) is 18.4 Å². The highest BCUT2D eigenvalue weighted by Gasteiger charge is 2.29. The summed E-state index contributed by atoms with van der Waals surface area (Å²) in [5.41, 5.74) is 1.05. The van der Waals surface area contributed by atoms with Gasteiger partial charge in [0.05, 0.1) is 29.0 Å². The number of halogens is 4. The lowest BCUT2D eigenvalue weighted by Crippen LogP contribution is -2.32. The van der Waals surface area contributed by atoms with E-state index in [-0.39, 0.29) is 11.6 Å². The number of alkyl halides is 3. The number of pyridine rings is 1. The Balaban J connectivity index is 1.86. The second-order valence-electron chi connectivity index (χ2n) is 5.77. The third-order valence-corrected chi connectivity index (χ3v) is 4.58. The highest BCUT2D eigenvalue weighted by atomic mass is 32.1. The van der Waals surface area contributed by atoms with Gasteiger partial charge in [-0.05, 0) is 30.0 Å². The lowest BCUT2D eigenvalue weighted by molar-refractivity contribution is -0.131. The standard InChI is InChI=1S/C16H15F4N5OS/c1-8(9-4-10(17)6-21-5-9)23-15-24-11-2-3-27-13(11)12(25-15)14(26)22-7-16(18,19)20/h2-6,8,14,22,26H,7H2,1H3,(H,23,24,25). The van der Waals surface area contributed by atoms with E-state index in [2.05, 4.69) is 20.3 Å². The summed E-state index contributed by atoms with van der Waals surface area (Å²) in [5.74, 6) is -0.400. The number of hydrogen-bond acceptors (Lipinski definition) is 7. The number of nitrogens with one attached hydrogen (secondary N) is 2. The smallest absolute Gasteiger partial charge is 0.373 e. The van der Waals surface area contributed by atoms with Crippen LogP contribution < -0.4 is 10.6 Å². The fraction of sp³-hybridized carbons (Fsp3) is 0.312. The van der Waals surface area contributed by atoms with E-state index < -0.39 is 30.8 Å². The first-order valence-electron chi connectivity index (χ1n) is 7.83. The van der Waals surface area contributed by atoms with Gasteiger partial charge in [0.25, 0.3) is 0 Å². The molecule has 27 heavy (non-hydrogen) atoms. The molecule has 3 aromatic rings. The van der Waals surface area contributed by atoms with Gasteiger partial charge in [-0.15, -0.1) is 11.3 Å². The van der Waals surface area contributed by atoms with Crippen LogP contribution in [0.5, 0.6) is 0 Å². The van der Waals surface area contributed by atoms with Crippen molar-refractivity contribution < 1.29 is 22.7 Å². The second kappa shape index (κ2) is 7.71. The van der Waals surface area contributed by atoms with E-state index >= 15 is 0 Å². The highest BCUT2D eigenvalue weighted by Crippen LogP contribution is 2.28. The van der Waals surface area contributed by atoms with Crippen LogP contribution in [0, 0.1) is 5.82 Å². The van der Waals surface area contributed by atoms with Crippen molar-refractivity contribution in [1.82, 2.24) is 20.3 Å². The van der Waals surface area contributed by atoms with Gasteiger partial charge < -0.3 is 10.4 Å². The molecule has 3 aromatic heterocycles. The van der Waals surface area contributed by atoms with Crippen LogP contribution >= 0.6 is 11.3 Å². The third kappa shape index (κ3) is 4.87. The molecule has 11 heteroatoms. The molecule has 0 saturated carbocycles. The molecule has 0 aliphatic heterocycles. The zero-order chi connectivity index (χ0) is 19.6. The van der Waals surface area contributed by atoms with Crippen molar-refractivity contribution in [2.75, 3.05) is 11.9 Å². The maximum atomic E-state index is 13.3. The molecular weight excluding hydrogens is 386 g/mol. The molecule has 0 aromatic carbocycles. The van der Waals surface area contributed by atoms with Gasteiger partial charge in [-0.3, -0.25) is 10.3 Å². The van der Waals surface area contributed by atoms with Gasteiger partial charge in [0.2, 0.25) is 5.95 Å². The van der Waals surface area contributed by atoms with E-state index in [4.69, 9.17) is 0 Å². The van der Waals surface area contributed by atoms with E-state index in [0.717, 1.165) is 6.20 Å². The maximum absolute atomic E-state index is 13.3. The summed E-state index contributed by atoms with van der Waals surface area (Å²) < 4.78 is 51.0. The molecule has 0 saturated heterocycles. The second-order valence-corrected chi connectivity index (χ2v) is 6.68. The van der Waals surface area contributed by atoms with Crippen LogP contribution in [0.15, 0.2) is 29.9 Å².